The van der Waals surface area contributed by atoms with Crippen molar-refractivity contribution in [2.45, 2.75) is 51.7 Å². The molecule has 0 saturated heterocycles. The van der Waals surface area contributed by atoms with Crippen molar-refractivity contribution in [3.05, 3.63) is 30.0 Å². The maximum Gasteiger partial charge on any atom is 0.410 e. The molecular weight excluding hydrogens is 384 g/mol. The zero-order chi connectivity index (χ0) is 21.5. The SMILES string of the molecule is COc1ncnc(C2CC2)c1-c1ncc2[nH]c(CN(C)C(=O)OC(C)(C)C)cc2n1. The largest absolute Gasteiger partial charge is 0.480 e. The number of H-pyrrole nitrogens is 1. The monoisotopic (exact) mass is 410 g/mol. The Balaban J connectivity index is 1.62. The Kier molecular flexibility index (Phi) is 5.05. The van der Waals surface area contributed by atoms with Crippen LogP contribution in [0.25, 0.3) is 22.4 Å². The van der Waals surface area contributed by atoms with E-state index < -0.39 is 5.60 Å². The molecule has 30 heavy (non-hydrogen) atoms. The topological polar surface area (TPSA) is 106 Å². The highest BCUT2D eigenvalue weighted by atomic mass is 16.6. The first-order valence-electron chi connectivity index (χ1n) is 9.93. The molecule has 9 heteroatoms. The van der Waals surface area contributed by atoms with Crippen LogP contribution < -0.4 is 4.74 Å². The zero-order valence-corrected chi connectivity index (χ0v) is 17.9. The summed E-state index contributed by atoms with van der Waals surface area (Å²) in [5.74, 6) is 1.42. The summed E-state index contributed by atoms with van der Waals surface area (Å²) >= 11 is 0. The third kappa shape index (κ3) is 4.19. The minimum Gasteiger partial charge on any atom is -0.480 e. The summed E-state index contributed by atoms with van der Waals surface area (Å²) in [4.78, 5) is 35.0. The Morgan fingerprint density at radius 1 is 1.27 bits per heavy atom. The standard InChI is InChI=1S/C21H26N6O3/c1-21(2,3)30-20(28)27(4)10-13-8-14-15(25-13)9-22-18(26-14)16-17(12-6-7-12)23-11-24-19(16)29-5/h8-9,11-12,25H,6-7,10H2,1-5H3. The lowest BCUT2D eigenvalue weighted by atomic mass is 10.1. The molecule has 3 heterocycles. The van der Waals surface area contributed by atoms with E-state index in [1.165, 1.54) is 11.2 Å². The predicted molar refractivity (Wildman–Crippen MR) is 111 cm³/mol. The summed E-state index contributed by atoms with van der Waals surface area (Å²) in [6, 6.07) is 1.91. The second-order valence-corrected chi connectivity index (χ2v) is 8.54. The van der Waals surface area contributed by atoms with Gasteiger partial charge in [0.05, 0.1) is 36.6 Å². The van der Waals surface area contributed by atoms with Gasteiger partial charge in [-0.25, -0.2) is 24.7 Å². The molecule has 4 rings (SSSR count). The van der Waals surface area contributed by atoms with Gasteiger partial charge in [0.2, 0.25) is 5.88 Å². The fourth-order valence-electron chi connectivity index (χ4n) is 3.25. The third-order valence-corrected chi connectivity index (χ3v) is 4.76. The average molecular weight is 410 g/mol. The van der Waals surface area contributed by atoms with Crippen molar-refractivity contribution in [3.63, 3.8) is 0 Å². The number of rotatable bonds is 5. The lowest BCUT2D eigenvalue weighted by Crippen LogP contribution is -2.33. The Bertz CT molecular complexity index is 1080. The van der Waals surface area contributed by atoms with Crippen LogP contribution in [-0.2, 0) is 11.3 Å². The number of aromatic amines is 1. The van der Waals surface area contributed by atoms with Crippen molar-refractivity contribution in [1.82, 2.24) is 29.8 Å². The lowest BCUT2D eigenvalue weighted by molar-refractivity contribution is 0.0283. The van der Waals surface area contributed by atoms with E-state index in [0.29, 0.717) is 24.2 Å². The van der Waals surface area contributed by atoms with Crippen molar-refractivity contribution >= 4 is 17.1 Å². The first-order chi connectivity index (χ1) is 14.2. The smallest absolute Gasteiger partial charge is 0.410 e. The molecular formula is C21H26N6O3. The minimum absolute atomic E-state index is 0.367. The van der Waals surface area contributed by atoms with Crippen LogP contribution in [0.4, 0.5) is 4.79 Å². The Labute approximate surface area is 174 Å². The highest BCUT2D eigenvalue weighted by molar-refractivity contribution is 5.79. The van der Waals surface area contributed by atoms with Crippen molar-refractivity contribution in [2.75, 3.05) is 14.2 Å². The van der Waals surface area contributed by atoms with E-state index in [4.69, 9.17) is 14.5 Å². The minimum atomic E-state index is -0.539. The van der Waals surface area contributed by atoms with Gasteiger partial charge in [0.25, 0.3) is 0 Å². The third-order valence-electron chi connectivity index (χ3n) is 4.76. The van der Waals surface area contributed by atoms with Crippen molar-refractivity contribution in [3.8, 4) is 17.3 Å². The Morgan fingerprint density at radius 3 is 2.70 bits per heavy atom. The first-order valence-corrected chi connectivity index (χ1v) is 9.93. The number of carbonyl (C=O) groups is 1. The van der Waals surface area contributed by atoms with Crippen LogP contribution in [0.5, 0.6) is 5.88 Å². The molecule has 1 aliphatic carbocycles. The van der Waals surface area contributed by atoms with Gasteiger partial charge >= 0.3 is 6.09 Å². The molecule has 1 N–H and O–H groups in total. The van der Waals surface area contributed by atoms with E-state index >= 15 is 0 Å². The van der Waals surface area contributed by atoms with Gasteiger partial charge in [-0.05, 0) is 39.7 Å². The van der Waals surface area contributed by atoms with E-state index in [-0.39, 0.29) is 6.09 Å². The molecule has 9 nitrogen and oxygen atoms in total. The summed E-state index contributed by atoms with van der Waals surface area (Å²) < 4.78 is 10.9. The van der Waals surface area contributed by atoms with Crippen LogP contribution in [0, 0.1) is 0 Å². The molecule has 0 spiro atoms. The van der Waals surface area contributed by atoms with Crippen LogP contribution >= 0.6 is 0 Å². The number of fused-ring (bicyclic) bond motifs is 1. The number of amides is 1. The highest BCUT2D eigenvalue weighted by Gasteiger charge is 2.31. The number of carbonyl (C=O) groups excluding carboxylic acids is 1. The Hall–Kier alpha value is -3.23. The molecule has 3 aromatic rings. The van der Waals surface area contributed by atoms with E-state index in [1.54, 1.807) is 20.4 Å². The van der Waals surface area contributed by atoms with Crippen LogP contribution in [0.15, 0.2) is 18.6 Å². The predicted octanol–water partition coefficient (Wildman–Crippen LogP) is 3.67. The van der Waals surface area contributed by atoms with Gasteiger partial charge in [0.15, 0.2) is 5.82 Å². The summed E-state index contributed by atoms with van der Waals surface area (Å²) in [6.45, 7) is 5.90. The molecule has 0 aromatic carbocycles. The molecule has 0 radical (unpaired) electrons. The number of ether oxygens (including phenoxy) is 2. The molecule has 1 fully saturated rings. The summed E-state index contributed by atoms with van der Waals surface area (Å²) in [5, 5.41) is 0. The van der Waals surface area contributed by atoms with Crippen LogP contribution in [-0.4, -0.2) is 55.7 Å². The van der Waals surface area contributed by atoms with Crippen LogP contribution in [0.2, 0.25) is 0 Å². The molecule has 0 aliphatic heterocycles. The summed E-state index contributed by atoms with van der Waals surface area (Å²) in [6.07, 6.45) is 5.07. The first kappa shape index (κ1) is 20.1. The van der Waals surface area contributed by atoms with Gasteiger partial charge in [-0.15, -0.1) is 0 Å². The van der Waals surface area contributed by atoms with Gasteiger partial charge in [-0.1, -0.05) is 0 Å². The Morgan fingerprint density at radius 2 is 2.03 bits per heavy atom. The molecule has 1 saturated carbocycles. The van der Waals surface area contributed by atoms with E-state index in [2.05, 4.69) is 19.9 Å². The molecule has 0 bridgehead atoms. The average Bonchev–Trinajstić information content (AvgIpc) is 3.45. The van der Waals surface area contributed by atoms with Gasteiger partial charge < -0.3 is 19.4 Å². The number of methoxy groups -OCH3 is 1. The van der Waals surface area contributed by atoms with Gasteiger partial charge in [0.1, 0.15) is 17.5 Å². The molecule has 0 unspecified atom stereocenters. The molecule has 158 valence electrons. The normalized spacial score (nSPS) is 14.0. The van der Waals surface area contributed by atoms with Crippen molar-refractivity contribution in [2.24, 2.45) is 0 Å². The number of hydrogen-bond acceptors (Lipinski definition) is 7. The van der Waals surface area contributed by atoms with Gasteiger partial charge in [-0.2, -0.15) is 0 Å². The molecule has 3 aromatic heterocycles. The molecule has 0 atom stereocenters. The second-order valence-electron chi connectivity index (χ2n) is 8.54. The van der Waals surface area contributed by atoms with Crippen molar-refractivity contribution in [1.29, 1.82) is 0 Å². The summed E-state index contributed by atoms with van der Waals surface area (Å²) in [5.41, 5.74) is 3.51. The van der Waals surface area contributed by atoms with E-state index in [0.717, 1.165) is 40.8 Å². The lowest BCUT2D eigenvalue weighted by Gasteiger charge is -2.24. The van der Waals surface area contributed by atoms with Crippen LogP contribution in [0.3, 0.4) is 0 Å². The van der Waals surface area contributed by atoms with E-state index in [9.17, 15) is 4.79 Å². The van der Waals surface area contributed by atoms with Crippen molar-refractivity contribution < 1.29 is 14.3 Å². The number of nitrogens with zero attached hydrogens (tertiary/aromatic N) is 5. The maximum absolute atomic E-state index is 12.2. The fourth-order valence-corrected chi connectivity index (χ4v) is 3.25. The van der Waals surface area contributed by atoms with Gasteiger partial charge in [-0.3, -0.25) is 0 Å². The highest BCUT2D eigenvalue weighted by Crippen LogP contribution is 2.44. The fraction of sp³-hybridized carbons (Fsp3) is 0.476. The maximum atomic E-state index is 12.2. The molecule has 1 aliphatic rings. The quantitative estimate of drug-likeness (QED) is 0.684. The van der Waals surface area contributed by atoms with E-state index in [1.807, 2.05) is 26.8 Å². The zero-order valence-electron chi connectivity index (χ0n) is 17.9. The molecule has 1 amide bonds. The number of aromatic nitrogens is 5. The van der Waals surface area contributed by atoms with Crippen LogP contribution in [0.1, 0.15) is 50.9 Å². The number of nitrogens with one attached hydrogen (secondary N) is 1. The van der Waals surface area contributed by atoms with Gasteiger partial charge in [0, 0.05) is 18.7 Å². The number of hydrogen-bond donors (Lipinski definition) is 1. The second kappa shape index (κ2) is 7.55. The summed E-state index contributed by atoms with van der Waals surface area (Å²) in [7, 11) is 3.28.